The fraction of sp³-hybridized carbons (Fsp3) is 0.273. The molecule has 0 unspecified atom stereocenters. The fourth-order valence-corrected chi connectivity index (χ4v) is 3.35. The number of nitrogens with zero attached hydrogens (tertiary/aromatic N) is 3. The van der Waals surface area contributed by atoms with Crippen LogP contribution < -0.4 is 0 Å². The number of para-hydroxylation sites is 1. The zero-order valence-corrected chi connectivity index (χ0v) is 15.9. The summed E-state index contributed by atoms with van der Waals surface area (Å²) >= 11 is 0. The lowest BCUT2D eigenvalue weighted by atomic mass is 10.1. The quantitative estimate of drug-likeness (QED) is 0.605. The third-order valence-electron chi connectivity index (χ3n) is 5.12. The van der Waals surface area contributed by atoms with E-state index in [1.165, 1.54) is 12.1 Å². The second-order valence-electron chi connectivity index (χ2n) is 7.25. The van der Waals surface area contributed by atoms with Gasteiger partial charge in [-0.15, -0.1) is 0 Å². The Morgan fingerprint density at radius 1 is 1.10 bits per heavy atom. The summed E-state index contributed by atoms with van der Waals surface area (Å²) in [7, 11) is 0. The Kier molecular flexibility index (Phi) is 4.90. The molecular formula is C22H20F3N3O. The minimum absolute atomic E-state index is 0.115. The number of halogens is 3. The van der Waals surface area contributed by atoms with Gasteiger partial charge < -0.3 is 4.90 Å². The van der Waals surface area contributed by atoms with Gasteiger partial charge in [0.1, 0.15) is 0 Å². The minimum Gasteiger partial charge on any atom is -0.331 e. The van der Waals surface area contributed by atoms with E-state index in [0.717, 1.165) is 36.4 Å². The second-order valence-corrected chi connectivity index (χ2v) is 7.25. The molecule has 0 saturated heterocycles. The standard InChI is InChI=1S/C22H20F3N3O/c1-15-20(13-26-28(15)19-5-3-2-4-6-19)21(29)27(18-11-12-18)14-16-7-9-17(10-8-16)22(23,24)25/h2-10,13,18H,11-12,14H2,1H3. The summed E-state index contributed by atoms with van der Waals surface area (Å²) in [4.78, 5) is 15.0. The van der Waals surface area contributed by atoms with Gasteiger partial charge in [0.25, 0.3) is 5.91 Å². The maximum atomic E-state index is 13.2. The van der Waals surface area contributed by atoms with Crippen molar-refractivity contribution in [1.82, 2.24) is 14.7 Å². The predicted molar refractivity (Wildman–Crippen MR) is 103 cm³/mol. The van der Waals surface area contributed by atoms with Gasteiger partial charge in [-0.3, -0.25) is 4.79 Å². The van der Waals surface area contributed by atoms with Crippen LogP contribution in [0, 0.1) is 6.92 Å². The molecular weight excluding hydrogens is 379 g/mol. The molecule has 0 radical (unpaired) electrons. The third-order valence-corrected chi connectivity index (χ3v) is 5.12. The summed E-state index contributed by atoms with van der Waals surface area (Å²) < 4.78 is 40.1. The van der Waals surface area contributed by atoms with Crippen molar-refractivity contribution in [2.24, 2.45) is 0 Å². The maximum Gasteiger partial charge on any atom is 0.416 e. The summed E-state index contributed by atoms with van der Waals surface area (Å²) in [6.45, 7) is 2.12. The van der Waals surface area contributed by atoms with Crippen molar-refractivity contribution in [3.8, 4) is 5.69 Å². The Morgan fingerprint density at radius 2 is 1.76 bits per heavy atom. The van der Waals surface area contributed by atoms with Crippen LogP contribution in [-0.2, 0) is 12.7 Å². The van der Waals surface area contributed by atoms with Crippen LogP contribution in [0.1, 0.15) is 40.0 Å². The predicted octanol–water partition coefficient (Wildman–Crippen LogP) is 5.00. The van der Waals surface area contributed by atoms with E-state index >= 15 is 0 Å². The Labute approximate surface area is 166 Å². The molecule has 0 aliphatic heterocycles. The van der Waals surface area contributed by atoms with E-state index in [0.29, 0.717) is 11.1 Å². The topological polar surface area (TPSA) is 38.1 Å². The van der Waals surface area contributed by atoms with Gasteiger partial charge in [-0.05, 0) is 49.6 Å². The average Bonchev–Trinajstić information content (AvgIpc) is 3.47. The van der Waals surface area contributed by atoms with Crippen LogP contribution in [0.5, 0.6) is 0 Å². The third kappa shape index (κ3) is 4.04. The van der Waals surface area contributed by atoms with Crippen LogP contribution in [-0.4, -0.2) is 26.6 Å². The normalized spacial score (nSPS) is 14.1. The van der Waals surface area contributed by atoms with Gasteiger partial charge in [-0.25, -0.2) is 4.68 Å². The first-order valence-corrected chi connectivity index (χ1v) is 9.42. The molecule has 1 saturated carbocycles. The number of carbonyl (C=O) groups excluding carboxylic acids is 1. The first-order valence-electron chi connectivity index (χ1n) is 9.42. The zero-order valence-electron chi connectivity index (χ0n) is 15.9. The molecule has 3 aromatic rings. The van der Waals surface area contributed by atoms with Crippen LogP contribution in [0.4, 0.5) is 13.2 Å². The molecule has 29 heavy (non-hydrogen) atoms. The molecule has 1 amide bonds. The summed E-state index contributed by atoms with van der Waals surface area (Å²) in [6.07, 6.45) is -1.00. The molecule has 1 aromatic heterocycles. The number of rotatable bonds is 5. The van der Waals surface area contributed by atoms with E-state index in [-0.39, 0.29) is 18.5 Å². The van der Waals surface area contributed by atoms with Crippen LogP contribution in [0.2, 0.25) is 0 Å². The van der Waals surface area contributed by atoms with Crippen molar-refractivity contribution < 1.29 is 18.0 Å². The molecule has 0 N–H and O–H groups in total. The molecule has 7 heteroatoms. The van der Waals surface area contributed by atoms with Crippen LogP contribution in [0.25, 0.3) is 5.69 Å². The molecule has 1 aliphatic rings. The van der Waals surface area contributed by atoms with E-state index in [1.54, 1.807) is 15.8 Å². The summed E-state index contributed by atoms with van der Waals surface area (Å²) in [5.74, 6) is -0.146. The lowest BCUT2D eigenvalue weighted by molar-refractivity contribution is -0.137. The highest BCUT2D eigenvalue weighted by Crippen LogP contribution is 2.32. The van der Waals surface area contributed by atoms with Crippen molar-refractivity contribution in [1.29, 1.82) is 0 Å². The summed E-state index contributed by atoms with van der Waals surface area (Å²) in [6, 6.07) is 14.6. The molecule has 1 heterocycles. The number of aromatic nitrogens is 2. The van der Waals surface area contributed by atoms with Crippen molar-refractivity contribution in [2.75, 3.05) is 0 Å². The van der Waals surface area contributed by atoms with Gasteiger partial charge in [0.15, 0.2) is 0 Å². The minimum atomic E-state index is -4.37. The summed E-state index contributed by atoms with van der Waals surface area (Å²) in [5, 5.41) is 4.36. The van der Waals surface area contributed by atoms with Gasteiger partial charge in [-0.1, -0.05) is 30.3 Å². The van der Waals surface area contributed by atoms with Gasteiger partial charge in [0, 0.05) is 12.6 Å². The average molecular weight is 399 g/mol. The Bertz CT molecular complexity index is 1010. The number of alkyl halides is 3. The second kappa shape index (κ2) is 7.39. The molecule has 1 fully saturated rings. The number of carbonyl (C=O) groups is 1. The molecule has 4 nitrogen and oxygen atoms in total. The highest BCUT2D eigenvalue weighted by Gasteiger charge is 2.35. The van der Waals surface area contributed by atoms with E-state index in [2.05, 4.69) is 5.10 Å². The van der Waals surface area contributed by atoms with E-state index in [9.17, 15) is 18.0 Å². The van der Waals surface area contributed by atoms with Crippen molar-refractivity contribution in [3.63, 3.8) is 0 Å². The molecule has 0 spiro atoms. The number of hydrogen-bond donors (Lipinski definition) is 0. The van der Waals surface area contributed by atoms with E-state index < -0.39 is 11.7 Å². The van der Waals surface area contributed by atoms with Crippen molar-refractivity contribution in [2.45, 2.75) is 38.5 Å². The van der Waals surface area contributed by atoms with Crippen LogP contribution in [0.15, 0.2) is 60.8 Å². The van der Waals surface area contributed by atoms with Gasteiger partial charge in [-0.2, -0.15) is 18.3 Å². The number of hydrogen-bond acceptors (Lipinski definition) is 2. The molecule has 150 valence electrons. The monoisotopic (exact) mass is 399 g/mol. The van der Waals surface area contributed by atoms with Gasteiger partial charge >= 0.3 is 6.18 Å². The SMILES string of the molecule is Cc1c(C(=O)N(Cc2ccc(C(F)(F)F)cc2)C2CC2)cnn1-c1ccccc1. The summed E-state index contributed by atoms with van der Waals surface area (Å²) in [5.41, 5.74) is 2.09. The van der Waals surface area contributed by atoms with E-state index in [1.807, 2.05) is 37.3 Å². The Morgan fingerprint density at radius 3 is 2.34 bits per heavy atom. The number of benzene rings is 2. The van der Waals surface area contributed by atoms with Crippen LogP contribution >= 0.6 is 0 Å². The van der Waals surface area contributed by atoms with Gasteiger partial charge in [0.2, 0.25) is 0 Å². The maximum absolute atomic E-state index is 13.2. The Balaban J connectivity index is 1.57. The first kappa shape index (κ1) is 19.2. The fourth-order valence-electron chi connectivity index (χ4n) is 3.35. The lowest BCUT2D eigenvalue weighted by Gasteiger charge is -2.23. The molecule has 4 rings (SSSR count). The van der Waals surface area contributed by atoms with Crippen molar-refractivity contribution in [3.05, 3.63) is 83.2 Å². The molecule has 0 atom stereocenters. The first-order chi connectivity index (χ1) is 13.8. The van der Waals surface area contributed by atoms with Gasteiger partial charge in [0.05, 0.1) is 28.7 Å². The number of amides is 1. The van der Waals surface area contributed by atoms with E-state index in [4.69, 9.17) is 0 Å². The largest absolute Gasteiger partial charge is 0.416 e. The van der Waals surface area contributed by atoms with Crippen molar-refractivity contribution >= 4 is 5.91 Å². The highest BCUT2D eigenvalue weighted by molar-refractivity contribution is 5.95. The molecule has 0 bridgehead atoms. The van der Waals surface area contributed by atoms with Crippen LogP contribution in [0.3, 0.4) is 0 Å². The molecule has 2 aromatic carbocycles. The lowest BCUT2D eigenvalue weighted by Crippen LogP contribution is -2.33. The Hall–Kier alpha value is -3.09. The smallest absolute Gasteiger partial charge is 0.331 e. The molecule has 1 aliphatic carbocycles. The zero-order chi connectivity index (χ0) is 20.6. The highest BCUT2D eigenvalue weighted by atomic mass is 19.4.